The van der Waals surface area contributed by atoms with Gasteiger partial charge < -0.3 is 14.9 Å². The lowest BCUT2D eigenvalue weighted by Crippen LogP contribution is -2.56. The first kappa shape index (κ1) is 17.2. The second-order valence-electron chi connectivity index (χ2n) is 6.58. The molecule has 3 rings (SSSR count). The number of anilines is 1. The zero-order valence-corrected chi connectivity index (χ0v) is 14.0. The molecule has 24 heavy (non-hydrogen) atoms. The molecule has 1 aromatic rings. The maximum absolute atomic E-state index is 13.9. The number of hydrogen-bond donors (Lipinski definition) is 1. The van der Waals surface area contributed by atoms with Gasteiger partial charge in [-0.15, -0.1) is 0 Å². The lowest BCUT2D eigenvalue weighted by molar-refractivity contribution is -0.134. The Bertz CT molecular complexity index is 561. The molecule has 6 heteroatoms. The summed E-state index contributed by atoms with van der Waals surface area (Å²) in [6, 6.07) is 7.31. The van der Waals surface area contributed by atoms with E-state index in [1.165, 1.54) is 6.07 Å². The molecule has 0 bridgehead atoms. The molecule has 0 spiro atoms. The summed E-state index contributed by atoms with van der Waals surface area (Å²) in [5, 5.41) is 8.95. The number of aliphatic hydroxyl groups excluding tert-OH is 1. The lowest BCUT2D eigenvalue weighted by Gasteiger charge is -2.44. The number of aliphatic hydroxyl groups is 1. The molecule has 0 unspecified atom stereocenters. The van der Waals surface area contributed by atoms with E-state index in [1.807, 2.05) is 17.0 Å². The average molecular weight is 335 g/mol. The molecule has 1 atom stereocenters. The molecule has 0 aliphatic carbocycles. The van der Waals surface area contributed by atoms with Crippen LogP contribution >= 0.6 is 0 Å². The first-order chi connectivity index (χ1) is 11.7. The molecule has 0 saturated carbocycles. The highest BCUT2D eigenvalue weighted by Gasteiger charge is 2.30. The number of piperidine rings is 1. The van der Waals surface area contributed by atoms with Gasteiger partial charge in [0.2, 0.25) is 5.91 Å². The number of amides is 1. The summed E-state index contributed by atoms with van der Waals surface area (Å²) >= 11 is 0. The Labute approximate surface area is 142 Å². The maximum Gasteiger partial charge on any atom is 0.224 e. The lowest BCUT2D eigenvalue weighted by atomic mass is 10.0. The van der Waals surface area contributed by atoms with Crippen molar-refractivity contribution in [2.45, 2.75) is 25.3 Å². The average Bonchev–Trinajstić information content (AvgIpc) is 2.63. The third-order valence-corrected chi connectivity index (χ3v) is 5.10. The zero-order valence-electron chi connectivity index (χ0n) is 14.0. The number of rotatable bonds is 4. The SMILES string of the molecule is O=C(CCO)N1CCC[C@H](N2CCN(c3ccccc3F)CC2)C1. The predicted octanol–water partition coefficient (Wildman–Crippen LogP) is 1.32. The molecule has 2 fully saturated rings. The summed E-state index contributed by atoms with van der Waals surface area (Å²) in [5.74, 6) is -0.114. The van der Waals surface area contributed by atoms with Crippen LogP contribution in [0.4, 0.5) is 10.1 Å². The van der Waals surface area contributed by atoms with Crippen LogP contribution in [-0.2, 0) is 4.79 Å². The number of halogens is 1. The monoisotopic (exact) mass is 335 g/mol. The Kier molecular flexibility index (Phi) is 5.68. The summed E-state index contributed by atoms with van der Waals surface area (Å²) in [5.41, 5.74) is 0.681. The molecule has 0 radical (unpaired) electrons. The van der Waals surface area contributed by atoms with Crippen molar-refractivity contribution < 1.29 is 14.3 Å². The van der Waals surface area contributed by atoms with Crippen molar-refractivity contribution in [1.82, 2.24) is 9.80 Å². The van der Waals surface area contributed by atoms with Crippen molar-refractivity contribution in [2.24, 2.45) is 0 Å². The Hall–Kier alpha value is -1.66. The number of carbonyl (C=O) groups is 1. The smallest absolute Gasteiger partial charge is 0.224 e. The van der Waals surface area contributed by atoms with Crippen LogP contribution < -0.4 is 4.90 Å². The second kappa shape index (κ2) is 7.94. The maximum atomic E-state index is 13.9. The van der Waals surface area contributed by atoms with Crippen molar-refractivity contribution in [2.75, 3.05) is 50.8 Å². The predicted molar refractivity (Wildman–Crippen MR) is 91.5 cm³/mol. The number of nitrogens with zero attached hydrogens (tertiary/aromatic N) is 3. The quantitative estimate of drug-likeness (QED) is 0.902. The Morgan fingerprint density at radius 1 is 1.17 bits per heavy atom. The third kappa shape index (κ3) is 3.87. The highest BCUT2D eigenvalue weighted by atomic mass is 19.1. The molecular formula is C18H26FN3O2. The Morgan fingerprint density at radius 3 is 2.62 bits per heavy atom. The molecule has 2 aliphatic heterocycles. The molecule has 1 amide bonds. The molecule has 1 aromatic carbocycles. The fourth-order valence-electron chi connectivity index (χ4n) is 3.77. The van der Waals surface area contributed by atoms with Gasteiger partial charge in [-0.25, -0.2) is 4.39 Å². The number of hydrogen-bond acceptors (Lipinski definition) is 4. The van der Waals surface area contributed by atoms with E-state index in [-0.39, 0.29) is 24.8 Å². The highest BCUT2D eigenvalue weighted by molar-refractivity contribution is 5.76. The topological polar surface area (TPSA) is 47.0 Å². The van der Waals surface area contributed by atoms with Crippen LogP contribution in [0.5, 0.6) is 0 Å². The number of piperazine rings is 1. The van der Waals surface area contributed by atoms with Crippen LogP contribution in [0, 0.1) is 5.82 Å². The van der Waals surface area contributed by atoms with Gasteiger partial charge in [-0.1, -0.05) is 12.1 Å². The van der Waals surface area contributed by atoms with Crippen LogP contribution in [0.1, 0.15) is 19.3 Å². The molecular weight excluding hydrogens is 309 g/mol. The van der Waals surface area contributed by atoms with Gasteiger partial charge in [0, 0.05) is 51.7 Å². The van der Waals surface area contributed by atoms with Gasteiger partial charge in [0.25, 0.3) is 0 Å². The van der Waals surface area contributed by atoms with Gasteiger partial charge in [-0.2, -0.15) is 0 Å². The molecule has 2 heterocycles. The fraction of sp³-hybridized carbons (Fsp3) is 0.611. The van der Waals surface area contributed by atoms with E-state index in [2.05, 4.69) is 9.80 Å². The first-order valence-electron chi connectivity index (χ1n) is 8.81. The molecule has 2 saturated heterocycles. The standard InChI is InChI=1S/C18H26FN3O2/c19-16-5-1-2-6-17(16)21-11-9-20(10-12-21)15-4-3-8-22(14-15)18(24)7-13-23/h1-2,5-6,15,23H,3-4,7-14H2/t15-/m0/s1. The molecule has 1 N–H and O–H groups in total. The second-order valence-corrected chi connectivity index (χ2v) is 6.58. The van der Waals surface area contributed by atoms with Crippen molar-refractivity contribution in [1.29, 1.82) is 0 Å². The van der Waals surface area contributed by atoms with Crippen molar-refractivity contribution >= 4 is 11.6 Å². The van der Waals surface area contributed by atoms with Gasteiger partial charge in [0.1, 0.15) is 5.82 Å². The Balaban J connectivity index is 1.54. The number of likely N-dealkylation sites (tertiary alicyclic amines) is 1. The third-order valence-electron chi connectivity index (χ3n) is 5.10. The summed E-state index contributed by atoms with van der Waals surface area (Å²) in [6.07, 6.45) is 2.33. The van der Waals surface area contributed by atoms with Crippen molar-refractivity contribution in [3.63, 3.8) is 0 Å². The summed E-state index contributed by atoms with van der Waals surface area (Å²) in [7, 11) is 0. The van der Waals surface area contributed by atoms with Crippen LogP contribution in [0.2, 0.25) is 0 Å². The van der Waals surface area contributed by atoms with E-state index in [4.69, 9.17) is 5.11 Å². The Morgan fingerprint density at radius 2 is 1.92 bits per heavy atom. The van der Waals surface area contributed by atoms with Gasteiger partial charge >= 0.3 is 0 Å². The number of benzene rings is 1. The van der Waals surface area contributed by atoms with Gasteiger partial charge in [0.05, 0.1) is 12.3 Å². The summed E-state index contributed by atoms with van der Waals surface area (Å²) < 4.78 is 13.9. The van der Waals surface area contributed by atoms with Gasteiger partial charge in [-0.05, 0) is 25.0 Å². The summed E-state index contributed by atoms with van der Waals surface area (Å²) in [6.45, 7) is 4.86. The normalized spacial score (nSPS) is 22.7. The van der Waals surface area contributed by atoms with Crippen molar-refractivity contribution in [3.8, 4) is 0 Å². The van der Waals surface area contributed by atoms with E-state index in [9.17, 15) is 9.18 Å². The van der Waals surface area contributed by atoms with E-state index in [0.29, 0.717) is 11.7 Å². The molecule has 132 valence electrons. The number of para-hydroxylation sites is 1. The minimum Gasteiger partial charge on any atom is -0.396 e. The van der Waals surface area contributed by atoms with E-state index < -0.39 is 0 Å². The van der Waals surface area contributed by atoms with Crippen LogP contribution in [0.15, 0.2) is 24.3 Å². The van der Waals surface area contributed by atoms with Crippen LogP contribution in [0.3, 0.4) is 0 Å². The van der Waals surface area contributed by atoms with E-state index in [0.717, 1.165) is 52.1 Å². The first-order valence-corrected chi connectivity index (χ1v) is 8.81. The minimum atomic E-state index is -0.163. The van der Waals surface area contributed by atoms with E-state index in [1.54, 1.807) is 6.07 Å². The van der Waals surface area contributed by atoms with Crippen LogP contribution in [-0.4, -0.2) is 72.7 Å². The van der Waals surface area contributed by atoms with Crippen LogP contribution in [0.25, 0.3) is 0 Å². The molecule has 0 aromatic heterocycles. The largest absolute Gasteiger partial charge is 0.396 e. The minimum absolute atomic E-state index is 0.0483. The van der Waals surface area contributed by atoms with Gasteiger partial charge in [0.15, 0.2) is 0 Å². The fourth-order valence-corrected chi connectivity index (χ4v) is 3.77. The highest BCUT2D eigenvalue weighted by Crippen LogP contribution is 2.23. The molecule has 2 aliphatic rings. The summed E-state index contributed by atoms with van der Waals surface area (Å²) in [4.78, 5) is 18.4. The zero-order chi connectivity index (χ0) is 16.9. The molecule has 5 nitrogen and oxygen atoms in total. The van der Waals surface area contributed by atoms with Gasteiger partial charge in [-0.3, -0.25) is 9.69 Å². The number of carbonyl (C=O) groups excluding carboxylic acids is 1. The van der Waals surface area contributed by atoms with Crippen molar-refractivity contribution in [3.05, 3.63) is 30.1 Å². The van der Waals surface area contributed by atoms with E-state index >= 15 is 0 Å².